The van der Waals surface area contributed by atoms with Crippen molar-refractivity contribution in [3.05, 3.63) is 0 Å². The van der Waals surface area contributed by atoms with Crippen LogP contribution in [0.2, 0.25) is 0 Å². The van der Waals surface area contributed by atoms with Crippen molar-refractivity contribution in [1.29, 1.82) is 0 Å². The monoisotopic (exact) mass is 694 g/mol. The zero-order chi connectivity index (χ0) is 36.6. The number of rotatable bonds is 15. The first kappa shape index (κ1) is 40.1. The SMILES string of the molecule is CCCC(CC(=O)[C@@H]1[C@H]2CCC(C)(C)[C@H]2CN1C(=O)[C@@H](NC(=O)N[C@H](CN(C)S(C)(=O)=O)C(C)(C)C)C(C)(C)C)C(=O)C(=O)CC1CC1. The minimum absolute atomic E-state index is 0.0475. The average molecular weight is 695 g/mol. The third-order valence-electron chi connectivity index (χ3n) is 11.0. The summed E-state index contributed by atoms with van der Waals surface area (Å²) in [5, 5.41) is 5.81. The van der Waals surface area contributed by atoms with E-state index in [1.54, 1.807) is 4.90 Å². The van der Waals surface area contributed by atoms with Gasteiger partial charge in [0.15, 0.2) is 11.6 Å². The summed E-state index contributed by atoms with van der Waals surface area (Å²) in [6, 6.07) is -2.90. The maximum absolute atomic E-state index is 14.6. The lowest BCUT2D eigenvalue weighted by Gasteiger charge is -2.38. The number of urea groups is 1. The number of hydrogen-bond donors (Lipinski definition) is 2. The van der Waals surface area contributed by atoms with E-state index in [9.17, 15) is 32.4 Å². The number of carbonyl (C=O) groups excluding carboxylic acids is 5. The van der Waals surface area contributed by atoms with Gasteiger partial charge in [0.25, 0.3) is 0 Å². The molecule has 48 heavy (non-hydrogen) atoms. The summed E-state index contributed by atoms with van der Waals surface area (Å²) in [7, 11) is -2.03. The molecule has 1 saturated heterocycles. The van der Waals surface area contributed by atoms with Crippen LogP contribution < -0.4 is 10.6 Å². The average Bonchev–Trinajstić information content (AvgIpc) is 3.58. The fourth-order valence-corrected chi connectivity index (χ4v) is 7.91. The van der Waals surface area contributed by atoms with E-state index in [1.807, 2.05) is 48.5 Å². The maximum atomic E-state index is 14.6. The van der Waals surface area contributed by atoms with Gasteiger partial charge in [0.2, 0.25) is 21.7 Å². The van der Waals surface area contributed by atoms with Crippen molar-refractivity contribution >= 4 is 39.3 Å². The first-order valence-electron chi connectivity index (χ1n) is 17.8. The number of fused-ring (bicyclic) bond motifs is 1. The number of sulfonamides is 1. The molecule has 3 amide bonds. The molecule has 3 aliphatic rings. The molecular weight excluding hydrogens is 632 g/mol. The quantitative estimate of drug-likeness (QED) is 0.238. The number of nitrogens with zero attached hydrogens (tertiary/aromatic N) is 2. The highest BCUT2D eigenvalue weighted by molar-refractivity contribution is 7.88. The van der Waals surface area contributed by atoms with Crippen LogP contribution in [0.25, 0.3) is 0 Å². The number of amides is 3. The Morgan fingerprint density at radius 3 is 2.06 bits per heavy atom. The largest absolute Gasteiger partial charge is 0.334 e. The van der Waals surface area contributed by atoms with Crippen molar-refractivity contribution < 1.29 is 32.4 Å². The molecule has 0 aromatic rings. The van der Waals surface area contributed by atoms with Crippen LogP contribution in [-0.4, -0.2) is 91.4 Å². The summed E-state index contributed by atoms with van der Waals surface area (Å²) in [5.74, 6) is -1.79. The van der Waals surface area contributed by atoms with Crippen LogP contribution in [0.3, 0.4) is 0 Å². The fourth-order valence-electron chi connectivity index (χ4n) is 7.49. The summed E-state index contributed by atoms with van der Waals surface area (Å²) >= 11 is 0. The summed E-state index contributed by atoms with van der Waals surface area (Å²) in [6.45, 7) is 18.0. The normalized spacial score (nSPS) is 24.5. The minimum Gasteiger partial charge on any atom is -0.334 e. The van der Waals surface area contributed by atoms with Gasteiger partial charge in [0.1, 0.15) is 6.04 Å². The molecule has 12 heteroatoms. The Morgan fingerprint density at radius 2 is 1.56 bits per heavy atom. The zero-order valence-corrected chi connectivity index (χ0v) is 32.1. The highest BCUT2D eigenvalue weighted by Crippen LogP contribution is 2.53. The van der Waals surface area contributed by atoms with E-state index in [-0.39, 0.29) is 60.0 Å². The topological polar surface area (TPSA) is 150 Å². The van der Waals surface area contributed by atoms with Gasteiger partial charge >= 0.3 is 6.03 Å². The van der Waals surface area contributed by atoms with Gasteiger partial charge in [-0.25, -0.2) is 17.5 Å². The second-order valence-electron chi connectivity index (χ2n) is 17.7. The van der Waals surface area contributed by atoms with Gasteiger partial charge in [0.05, 0.1) is 12.3 Å². The van der Waals surface area contributed by atoms with Gasteiger partial charge in [0, 0.05) is 44.9 Å². The molecular formula is C36H62N4O7S. The van der Waals surface area contributed by atoms with Crippen molar-refractivity contribution in [3.8, 4) is 0 Å². The Morgan fingerprint density at radius 1 is 0.958 bits per heavy atom. The molecule has 2 N–H and O–H groups in total. The van der Waals surface area contributed by atoms with Crippen LogP contribution in [0.4, 0.5) is 4.79 Å². The van der Waals surface area contributed by atoms with Gasteiger partial charge in [-0.05, 0) is 66.1 Å². The molecule has 274 valence electrons. The highest BCUT2D eigenvalue weighted by Gasteiger charge is 2.57. The van der Waals surface area contributed by atoms with Gasteiger partial charge in [-0.15, -0.1) is 0 Å². The van der Waals surface area contributed by atoms with E-state index in [2.05, 4.69) is 24.5 Å². The van der Waals surface area contributed by atoms with E-state index in [1.165, 1.54) is 11.4 Å². The van der Waals surface area contributed by atoms with Crippen LogP contribution >= 0.6 is 0 Å². The van der Waals surface area contributed by atoms with Crippen molar-refractivity contribution in [2.75, 3.05) is 26.4 Å². The molecule has 1 unspecified atom stereocenters. The first-order chi connectivity index (χ1) is 21.9. The molecule has 0 bridgehead atoms. The molecule has 0 spiro atoms. The maximum Gasteiger partial charge on any atom is 0.315 e. The Bertz CT molecular complexity index is 1340. The van der Waals surface area contributed by atoms with E-state index in [0.717, 1.165) is 31.9 Å². The molecule has 2 aliphatic carbocycles. The molecule has 1 heterocycles. The van der Waals surface area contributed by atoms with Crippen molar-refractivity contribution in [1.82, 2.24) is 19.8 Å². The lowest BCUT2D eigenvalue weighted by atomic mass is 9.78. The number of ketones is 3. The molecule has 2 saturated carbocycles. The number of hydrogen-bond acceptors (Lipinski definition) is 7. The molecule has 0 aromatic carbocycles. The molecule has 1 aliphatic heterocycles. The van der Waals surface area contributed by atoms with Gasteiger partial charge in [-0.3, -0.25) is 19.2 Å². The smallest absolute Gasteiger partial charge is 0.315 e. The highest BCUT2D eigenvalue weighted by atomic mass is 32.2. The lowest BCUT2D eigenvalue weighted by Crippen LogP contribution is -2.61. The second-order valence-corrected chi connectivity index (χ2v) is 19.8. The lowest BCUT2D eigenvalue weighted by molar-refractivity contribution is -0.144. The molecule has 11 nitrogen and oxygen atoms in total. The van der Waals surface area contributed by atoms with E-state index in [0.29, 0.717) is 19.4 Å². The van der Waals surface area contributed by atoms with Crippen LogP contribution in [-0.2, 0) is 29.2 Å². The van der Waals surface area contributed by atoms with E-state index < -0.39 is 56.7 Å². The predicted molar refractivity (Wildman–Crippen MR) is 187 cm³/mol. The Balaban J connectivity index is 1.88. The summed E-state index contributed by atoms with van der Waals surface area (Å²) in [6.07, 6.45) is 6.01. The number of likely N-dealkylation sites (N-methyl/N-ethyl adjacent to an activating group) is 1. The first-order valence-corrected chi connectivity index (χ1v) is 19.6. The van der Waals surface area contributed by atoms with Crippen molar-refractivity contribution in [2.24, 2.45) is 39.9 Å². The molecule has 6 atom stereocenters. The third kappa shape index (κ3) is 9.88. The molecule has 0 radical (unpaired) electrons. The van der Waals surface area contributed by atoms with Crippen LogP contribution in [0.5, 0.6) is 0 Å². The fraction of sp³-hybridized carbons (Fsp3) is 0.861. The number of likely N-dealkylation sites (tertiary alicyclic amines) is 1. The number of Topliss-reactive ketones (excluding diaryl/α,β-unsaturated/α-hetero) is 3. The van der Waals surface area contributed by atoms with E-state index in [4.69, 9.17) is 0 Å². The van der Waals surface area contributed by atoms with Gasteiger partial charge < -0.3 is 15.5 Å². The summed E-state index contributed by atoms with van der Waals surface area (Å²) < 4.78 is 25.5. The Kier molecular flexibility index (Phi) is 12.4. The predicted octanol–water partition coefficient (Wildman–Crippen LogP) is 4.58. The minimum atomic E-state index is -3.49. The van der Waals surface area contributed by atoms with Crippen LogP contribution in [0, 0.1) is 39.9 Å². The number of nitrogens with one attached hydrogen (secondary N) is 2. The van der Waals surface area contributed by atoms with Crippen LogP contribution in [0.15, 0.2) is 0 Å². The third-order valence-corrected chi connectivity index (χ3v) is 12.3. The molecule has 3 rings (SSSR count). The summed E-state index contributed by atoms with van der Waals surface area (Å²) in [5.41, 5.74) is -1.32. The zero-order valence-electron chi connectivity index (χ0n) is 31.3. The molecule has 3 fully saturated rings. The van der Waals surface area contributed by atoms with Crippen LogP contribution in [0.1, 0.15) is 114 Å². The van der Waals surface area contributed by atoms with Gasteiger partial charge in [-0.2, -0.15) is 0 Å². The van der Waals surface area contributed by atoms with Crippen molar-refractivity contribution in [3.63, 3.8) is 0 Å². The van der Waals surface area contributed by atoms with Crippen molar-refractivity contribution in [2.45, 2.75) is 132 Å². The second kappa shape index (κ2) is 14.9. The summed E-state index contributed by atoms with van der Waals surface area (Å²) in [4.78, 5) is 70.1. The Hall–Kier alpha value is -2.34. The van der Waals surface area contributed by atoms with Gasteiger partial charge in [-0.1, -0.05) is 68.7 Å². The molecule has 0 aromatic heterocycles. The Labute approximate surface area is 289 Å². The standard InChI is InChI=1S/C36H62N4O7S/c1-12-13-23(30(43)27(42)18-22-14-15-22)19-26(41)29-24-16-17-36(8,9)25(24)20-40(29)32(44)31(35(5,6)7)38-33(45)37-28(34(2,3)4)21-39(10)48(11,46)47/h22-25,28-29,31H,12-21H2,1-11H3,(H2,37,38,45)/t23?,24-,25-,28+,29-,31+/m0/s1. The number of carbonyl (C=O) groups is 5. The van der Waals surface area contributed by atoms with E-state index >= 15 is 0 Å².